The fraction of sp³-hybridized carbons (Fsp3) is 0.364. The van der Waals surface area contributed by atoms with Crippen LogP contribution in [0.5, 0.6) is 0 Å². The molecule has 3 N–H and O–H groups in total. The van der Waals surface area contributed by atoms with Crippen LogP contribution in [0.4, 0.5) is 24.5 Å². The van der Waals surface area contributed by atoms with Gasteiger partial charge in [0.15, 0.2) is 6.17 Å². The largest absolute Gasteiger partial charge is 0.478 e. The molecule has 7 heteroatoms. The highest BCUT2D eigenvalue weighted by atomic mass is 19.3. The first-order chi connectivity index (χ1) is 8.32. The first kappa shape index (κ1) is 14.1. The van der Waals surface area contributed by atoms with Gasteiger partial charge in [-0.25, -0.2) is 18.0 Å². The normalized spacial score (nSPS) is 12.5. The molecule has 1 unspecified atom stereocenters. The van der Waals surface area contributed by atoms with Crippen LogP contribution in [0.2, 0.25) is 0 Å². The SMILES string of the molecule is CN(CC(F)C(F)F)c1ccc(C(=O)O)c(N)c1. The van der Waals surface area contributed by atoms with Crippen molar-refractivity contribution in [2.45, 2.75) is 12.6 Å². The van der Waals surface area contributed by atoms with E-state index in [0.717, 1.165) is 0 Å². The van der Waals surface area contributed by atoms with Gasteiger partial charge in [-0.15, -0.1) is 0 Å². The van der Waals surface area contributed by atoms with Crippen LogP contribution in [0.1, 0.15) is 10.4 Å². The van der Waals surface area contributed by atoms with Gasteiger partial charge in [0.2, 0.25) is 0 Å². The van der Waals surface area contributed by atoms with Crippen molar-refractivity contribution in [2.24, 2.45) is 0 Å². The van der Waals surface area contributed by atoms with Crippen molar-refractivity contribution in [3.63, 3.8) is 0 Å². The highest BCUT2D eigenvalue weighted by Gasteiger charge is 2.21. The van der Waals surface area contributed by atoms with Crippen LogP contribution in [0.15, 0.2) is 18.2 Å². The lowest BCUT2D eigenvalue weighted by Gasteiger charge is -2.21. The maximum absolute atomic E-state index is 12.9. The summed E-state index contributed by atoms with van der Waals surface area (Å²) in [5.74, 6) is -1.18. The Morgan fingerprint density at radius 1 is 1.44 bits per heavy atom. The summed E-state index contributed by atoms with van der Waals surface area (Å²) >= 11 is 0. The van der Waals surface area contributed by atoms with Gasteiger partial charge in [-0.2, -0.15) is 0 Å². The molecule has 4 nitrogen and oxygen atoms in total. The van der Waals surface area contributed by atoms with Crippen LogP contribution in [0, 0.1) is 0 Å². The summed E-state index contributed by atoms with van der Waals surface area (Å²) in [6, 6.07) is 3.94. The summed E-state index contributed by atoms with van der Waals surface area (Å²) in [5, 5.41) is 8.76. The number of benzene rings is 1. The standard InChI is InChI=1S/C11H13F3N2O2/c1-16(5-8(12)10(13)14)6-2-3-7(11(17)18)9(15)4-6/h2-4,8,10H,5,15H2,1H3,(H,17,18). The molecule has 0 aliphatic heterocycles. The highest BCUT2D eigenvalue weighted by molar-refractivity contribution is 5.94. The Hall–Kier alpha value is -1.92. The highest BCUT2D eigenvalue weighted by Crippen LogP contribution is 2.21. The van der Waals surface area contributed by atoms with Crippen LogP contribution in [-0.2, 0) is 0 Å². The second-order valence-electron chi connectivity index (χ2n) is 3.81. The van der Waals surface area contributed by atoms with Gasteiger partial charge in [-0.05, 0) is 18.2 Å². The lowest BCUT2D eigenvalue weighted by molar-refractivity contribution is 0.0543. The Bertz CT molecular complexity index is 440. The molecule has 0 bridgehead atoms. The third-order valence-electron chi connectivity index (χ3n) is 2.43. The maximum atomic E-state index is 12.9. The zero-order valence-corrected chi connectivity index (χ0v) is 9.61. The molecule has 0 saturated heterocycles. The quantitative estimate of drug-likeness (QED) is 0.796. The summed E-state index contributed by atoms with van der Waals surface area (Å²) in [6.45, 7) is -0.497. The Morgan fingerprint density at radius 2 is 2.06 bits per heavy atom. The third kappa shape index (κ3) is 3.28. The molecular formula is C11H13F3N2O2. The first-order valence-electron chi connectivity index (χ1n) is 5.09. The summed E-state index contributed by atoms with van der Waals surface area (Å²) in [4.78, 5) is 12.0. The maximum Gasteiger partial charge on any atom is 0.337 e. The number of nitrogens with two attached hydrogens (primary N) is 1. The van der Waals surface area contributed by atoms with Crippen LogP contribution in [0.25, 0.3) is 0 Å². The van der Waals surface area contributed by atoms with Crippen LogP contribution in [-0.4, -0.2) is 37.3 Å². The van der Waals surface area contributed by atoms with Crippen molar-refractivity contribution < 1.29 is 23.1 Å². The molecule has 0 radical (unpaired) electrons. The zero-order valence-electron chi connectivity index (χ0n) is 9.61. The second kappa shape index (κ2) is 5.61. The number of nitrogen functional groups attached to an aromatic ring is 1. The molecule has 0 fully saturated rings. The topological polar surface area (TPSA) is 66.6 Å². The monoisotopic (exact) mass is 262 g/mol. The number of alkyl halides is 3. The van der Waals surface area contributed by atoms with E-state index in [1.54, 1.807) is 0 Å². The predicted molar refractivity (Wildman–Crippen MR) is 62.0 cm³/mol. The lowest BCUT2D eigenvalue weighted by Crippen LogP contribution is -2.30. The molecule has 1 rings (SSSR count). The minimum atomic E-state index is -3.05. The van der Waals surface area contributed by atoms with Gasteiger partial charge in [-0.3, -0.25) is 0 Å². The molecule has 1 aromatic carbocycles. The van der Waals surface area contributed by atoms with Crippen LogP contribution in [0.3, 0.4) is 0 Å². The van der Waals surface area contributed by atoms with Crippen molar-refractivity contribution in [1.82, 2.24) is 0 Å². The summed E-state index contributed by atoms with van der Waals surface area (Å²) in [7, 11) is 1.42. The van der Waals surface area contributed by atoms with Crippen molar-refractivity contribution in [2.75, 3.05) is 24.2 Å². The van der Waals surface area contributed by atoms with Gasteiger partial charge in [-0.1, -0.05) is 0 Å². The van der Waals surface area contributed by atoms with E-state index >= 15 is 0 Å². The predicted octanol–water partition coefficient (Wildman–Crippen LogP) is 2.01. The Morgan fingerprint density at radius 3 is 2.50 bits per heavy atom. The van der Waals surface area contributed by atoms with E-state index in [1.165, 1.54) is 30.1 Å². The number of anilines is 2. The molecule has 0 heterocycles. The number of rotatable bonds is 5. The molecule has 0 aromatic heterocycles. The van der Waals surface area contributed by atoms with Crippen LogP contribution >= 0.6 is 0 Å². The smallest absolute Gasteiger partial charge is 0.337 e. The fourth-order valence-corrected chi connectivity index (χ4v) is 1.43. The van der Waals surface area contributed by atoms with Gasteiger partial charge in [0.25, 0.3) is 6.43 Å². The van der Waals surface area contributed by atoms with Crippen molar-refractivity contribution >= 4 is 17.3 Å². The molecule has 1 atom stereocenters. The van der Waals surface area contributed by atoms with E-state index in [4.69, 9.17) is 10.8 Å². The molecule has 1 aromatic rings. The lowest BCUT2D eigenvalue weighted by atomic mass is 10.1. The van der Waals surface area contributed by atoms with Gasteiger partial charge in [0, 0.05) is 18.4 Å². The molecule has 0 saturated carbocycles. The summed E-state index contributed by atoms with van der Waals surface area (Å²) in [6.07, 6.45) is -5.32. The number of aromatic carboxylic acids is 1. The average molecular weight is 262 g/mol. The van der Waals surface area contributed by atoms with Gasteiger partial charge >= 0.3 is 5.97 Å². The molecule has 0 aliphatic carbocycles. The first-order valence-corrected chi connectivity index (χ1v) is 5.09. The van der Waals surface area contributed by atoms with Crippen molar-refractivity contribution in [1.29, 1.82) is 0 Å². The van der Waals surface area contributed by atoms with Gasteiger partial charge < -0.3 is 15.7 Å². The minimum Gasteiger partial charge on any atom is -0.478 e. The number of carboxylic acids is 1. The number of hydrogen-bond acceptors (Lipinski definition) is 3. The Labute approximate surface area is 102 Å². The molecular weight excluding hydrogens is 249 g/mol. The molecule has 0 aliphatic rings. The van der Waals surface area contributed by atoms with Crippen molar-refractivity contribution in [3.8, 4) is 0 Å². The zero-order chi connectivity index (χ0) is 13.9. The number of carbonyl (C=O) groups is 1. The average Bonchev–Trinajstić information content (AvgIpc) is 2.27. The van der Waals surface area contributed by atoms with Gasteiger partial charge in [0.05, 0.1) is 12.1 Å². The number of halogens is 3. The number of nitrogens with zero attached hydrogens (tertiary/aromatic N) is 1. The molecule has 100 valence electrons. The van der Waals surface area contributed by atoms with E-state index < -0.39 is 25.1 Å². The fourth-order valence-electron chi connectivity index (χ4n) is 1.43. The van der Waals surface area contributed by atoms with E-state index in [2.05, 4.69) is 0 Å². The molecule has 18 heavy (non-hydrogen) atoms. The van der Waals surface area contributed by atoms with E-state index in [0.29, 0.717) is 5.69 Å². The number of carboxylic acid groups (broad SMARTS) is 1. The minimum absolute atomic E-state index is 0.000643. The number of hydrogen-bond donors (Lipinski definition) is 2. The Balaban J connectivity index is 2.84. The van der Waals surface area contributed by atoms with Crippen molar-refractivity contribution in [3.05, 3.63) is 23.8 Å². The van der Waals surface area contributed by atoms with Gasteiger partial charge in [0.1, 0.15) is 0 Å². The van der Waals surface area contributed by atoms with E-state index in [-0.39, 0.29) is 11.3 Å². The third-order valence-corrected chi connectivity index (χ3v) is 2.43. The summed E-state index contributed by atoms with van der Waals surface area (Å²) < 4.78 is 37.0. The molecule has 0 spiro atoms. The van der Waals surface area contributed by atoms with E-state index in [9.17, 15) is 18.0 Å². The Kier molecular flexibility index (Phi) is 4.41. The molecule has 0 amide bonds. The van der Waals surface area contributed by atoms with Crippen LogP contribution < -0.4 is 10.6 Å². The summed E-state index contributed by atoms with van der Waals surface area (Å²) in [5.41, 5.74) is 5.79. The van der Waals surface area contributed by atoms with E-state index in [1.807, 2.05) is 0 Å². The second-order valence-corrected chi connectivity index (χ2v) is 3.81.